The Morgan fingerprint density at radius 2 is 2.21 bits per heavy atom. The number of ether oxygens (including phenoxy) is 1. The summed E-state index contributed by atoms with van der Waals surface area (Å²) in [5, 5.41) is 3.29. The second kappa shape index (κ2) is 6.23. The summed E-state index contributed by atoms with van der Waals surface area (Å²) in [6, 6.07) is 0. The van der Waals surface area contributed by atoms with Gasteiger partial charge in [-0.15, -0.1) is 0 Å². The van der Waals surface area contributed by atoms with Gasteiger partial charge in [0.15, 0.2) is 0 Å². The number of amides is 1. The van der Waals surface area contributed by atoms with E-state index in [-0.39, 0.29) is 23.5 Å². The summed E-state index contributed by atoms with van der Waals surface area (Å²) in [7, 11) is 0. The molecule has 1 saturated carbocycles. The molecule has 4 nitrogen and oxygen atoms in total. The standard InChI is InChI=1S/C15H28N2O2/c1-3-13-12(7-9-19-13)14(18)17-15(10-16)8-5-4-6-11(15)2/h11-13H,3-10,16H2,1-2H3,(H,17,18). The van der Waals surface area contributed by atoms with Crippen molar-refractivity contribution in [2.75, 3.05) is 13.2 Å². The molecule has 2 aliphatic rings. The molecule has 2 rings (SSSR count). The summed E-state index contributed by atoms with van der Waals surface area (Å²) in [5.41, 5.74) is 5.81. The van der Waals surface area contributed by atoms with Gasteiger partial charge >= 0.3 is 0 Å². The molecule has 0 aromatic heterocycles. The van der Waals surface area contributed by atoms with Gasteiger partial charge < -0.3 is 15.8 Å². The number of nitrogens with two attached hydrogens (primary N) is 1. The van der Waals surface area contributed by atoms with Crippen LogP contribution in [0.1, 0.15) is 52.4 Å². The number of hydrogen-bond donors (Lipinski definition) is 2. The largest absolute Gasteiger partial charge is 0.377 e. The van der Waals surface area contributed by atoms with Crippen LogP contribution in [0.25, 0.3) is 0 Å². The van der Waals surface area contributed by atoms with E-state index in [2.05, 4.69) is 19.2 Å². The fourth-order valence-electron chi connectivity index (χ4n) is 3.64. The highest BCUT2D eigenvalue weighted by atomic mass is 16.5. The monoisotopic (exact) mass is 268 g/mol. The first-order valence-corrected chi connectivity index (χ1v) is 7.76. The highest BCUT2D eigenvalue weighted by Gasteiger charge is 2.41. The molecule has 1 heterocycles. The number of nitrogens with one attached hydrogen (secondary N) is 1. The number of carbonyl (C=O) groups excluding carboxylic acids is 1. The molecule has 4 unspecified atom stereocenters. The van der Waals surface area contributed by atoms with E-state index in [9.17, 15) is 4.79 Å². The van der Waals surface area contributed by atoms with E-state index in [4.69, 9.17) is 10.5 Å². The van der Waals surface area contributed by atoms with E-state index >= 15 is 0 Å². The molecule has 110 valence electrons. The lowest BCUT2D eigenvalue weighted by Crippen LogP contribution is -2.60. The van der Waals surface area contributed by atoms with Gasteiger partial charge in [0, 0.05) is 13.2 Å². The first kappa shape index (κ1) is 14.8. The Bertz CT molecular complexity index is 321. The molecule has 1 saturated heterocycles. The Kier molecular flexibility index (Phi) is 4.85. The third-order valence-electron chi connectivity index (χ3n) is 5.14. The zero-order valence-electron chi connectivity index (χ0n) is 12.3. The molecule has 1 amide bonds. The summed E-state index contributed by atoms with van der Waals surface area (Å²) >= 11 is 0. The van der Waals surface area contributed by atoms with Crippen LogP contribution >= 0.6 is 0 Å². The molecule has 4 heteroatoms. The first-order valence-electron chi connectivity index (χ1n) is 7.76. The van der Waals surface area contributed by atoms with Crippen LogP contribution in [0.3, 0.4) is 0 Å². The SMILES string of the molecule is CCC1OCCC1C(=O)NC1(CN)CCCCC1C. The number of rotatable bonds is 4. The van der Waals surface area contributed by atoms with Gasteiger partial charge in [-0.3, -0.25) is 4.79 Å². The molecule has 0 spiro atoms. The highest BCUT2D eigenvalue weighted by molar-refractivity contribution is 5.80. The number of carbonyl (C=O) groups is 1. The summed E-state index contributed by atoms with van der Waals surface area (Å²) in [6.45, 7) is 5.55. The maximum atomic E-state index is 12.5. The predicted octanol–water partition coefficient (Wildman–Crippen LogP) is 1.83. The Hall–Kier alpha value is -0.610. The van der Waals surface area contributed by atoms with Crippen LogP contribution < -0.4 is 11.1 Å². The Labute approximate surface area is 116 Å². The lowest BCUT2D eigenvalue weighted by Gasteiger charge is -2.43. The summed E-state index contributed by atoms with van der Waals surface area (Å²) in [4.78, 5) is 12.5. The van der Waals surface area contributed by atoms with Gasteiger partial charge in [0.2, 0.25) is 5.91 Å². The van der Waals surface area contributed by atoms with Gasteiger partial charge in [0.25, 0.3) is 0 Å². The van der Waals surface area contributed by atoms with E-state index in [1.165, 1.54) is 12.8 Å². The summed E-state index contributed by atoms with van der Waals surface area (Å²) < 4.78 is 5.63. The van der Waals surface area contributed by atoms with Crippen molar-refractivity contribution >= 4 is 5.91 Å². The zero-order valence-corrected chi connectivity index (χ0v) is 12.3. The van der Waals surface area contributed by atoms with Crippen LogP contribution in [0, 0.1) is 11.8 Å². The van der Waals surface area contributed by atoms with Crippen molar-refractivity contribution in [3.8, 4) is 0 Å². The van der Waals surface area contributed by atoms with Gasteiger partial charge in [-0.25, -0.2) is 0 Å². The minimum atomic E-state index is -0.184. The minimum absolute atomic E-state index is 0.0163. The molecule has 4 atom stereocenters. The van der Waals surface area contributed by atoms with E-state index < -0.39 is 0 Å². The normalized spacial score (nSPS) is 39.2. The fraction of sp³-hybridized carbons (Fsp3) is 0.933. The van der Waals surface area contributed by atoms with Crippen LogP contribution in [-0.2, 0) is 9.53 Å². The summed E-state index contributed by atoms with van der Waals surface area (Å²) in [6.07, 6.45) is 6.44. The van der Waals surface area contributed by atoms with E-state index in [1.54, 1.807) is 0 Å². The molecule has 19 heavy (non-hydrogen) atoms. The predicted molar refractivity (Wildman–Crippen MR) is 75.7 cm³/mol. The van der Waals surface area contributed by atoms with Crippen molar-refractivity contribution in [1.29, 1.82) is 0 Å². The zero-order chi connectivity index (χ0) is 13.9. The third-order valence-corrected chi connectivity index (χ3v) is 5.14. The molecule has 0 bridgehead atoms. The molecule has 3 N–H and O–H groups in total. The molecular formula is C15H28N2O2. The first-order chi connectivity index (χ1) is 9.13. The maximum absolute atomic E-state index is 12.5. The van der Waals surface area contributed by atoms with Crippen molar-refractivity contribution in [3.63, 3.8) is 0 Å². The molecule has 0 aromatic rings. The van der Waals surface area contributed by atoms with E-state index in [0.29, 0.717) is 19.1 Å². The van der Waals surface area contributed by atoms with Crippen LogP contribution in [0.4, 0.5) is 0 Å². The Morgan fingerprint density at radius 3 is 2.84 bits per heavy atom. The van der Waals surface area contributed by atoms with Gasteiger partial charge in [-0.1, -0.05) is 26.7 Å². The lowest BCUT2D eigenvalue weighted by atomic mass is 9.73. The lowest BCUT2D eigenvalue weighted by molar-refractivity contribution is -0.129. The van der Waals surface area contributed by atoms with Crippen molar-refractivity contribution in [1.82, 2.24) is 5.32 Å². The van der Waals surface area contributed by atoms with E-state index in [0.717, 1.165) is 25.7 Å². The van der Waals surface area contributed by atoms with Crippen molar-refractivity contribution < 1.29 is 9.53 Å². The quantitative estimate of drug-likeness (QED) is 0.817. The second-order valence-corrected chi connectivity index (χ2v) is 6.21. The topological polar surface area (TPSA) is 64.3 Å². The molecule has 1 aliphatic carbocycles. The minimum Gasteiger partial charge on any atom is -0.377 e. The molecular weight excluding hydrogens is 240 g/mol. The fourth-order valence-corrected chi connectivity index (χ4v) is 3.64. The second-order valence-electron chi connectivity index (χ2n) is 6.21. The van der Waals surface area contributed by atoms with Crippen molar-refractivity contribution in [3.05, 3.63) is 0 Å². The van der Waals surface area contributed by atoms with Gasteiger partial charge in [0.05, 0.1) is 17.6 Å². The van der Waals surface area contributed by atoms with Crippen molar-refractivity contribution in [2.45, 2.75) is 64.0 Å². The Morgan fingerprint density at radius 1 is 1.42 bits per heavy atom. The van der Waals surface area contributed by atoms with Gasteiger partial charge in [-0.05, 0) is 31.6 Å². The third kappa shape index (κ3) is 2.95. The van der Waals surface area contributed by atoms with Gasteiger partial charge in [0.1, 0.15) is 0 Å². The average Bonchev–Trinajstić information content (AvgIpc) is 2.90. The average molecular weight is 268 g/mol. The molecule has 2 fully saturated rings. The molecule has 0 aromatic carbocycles. The maximum Gasteiger partial charge on any atom is 0.226 e. The Balaban J connectivity index is 2.03. The van der Waals surface area contributed by atoms with Crippen LogP contribution in [0.2, 0.25) is 0 Å². The van der Waals surface area contributed by atoms with Gasteiger partial charge in [-0.2, -0.15) is 0 Å². The number of hydrogen-bond acceptors (Lipinski definition) is 3. The molecule has 0 radical (unpaired) electrons. The van der Waals surface area contributed by atoms with Crippen LogP contribution in [0.5, 0.6) is 0 Å². The van der Waals surface area contributed by atoms with E-state index in [1.807, 2.05) is 0 Å². The van der Waals surface area contributed by atoms with Crippen LogP contribution in [0.15, 0.2) is 0 Å². The highest BCUT2D eigenvalue weighted by Crippen LogP contribution is 2.34. The summed E-state index contributed by atoms with van der Waals surface area (Å²) in [5.74, 6) is 0.642. The van der Waals surface area contributed by atoms with Crippen molar-refractivity contribution in [2.24, 2.45) is 17.6 Å². The molecule has 1 aliphatic heterocycles. The smallest absolute Gasteiger partial charge is 0.226 e. The van der Waals surface area contributed by atoms with Crippen LogP contribution in [-0.4, -0.2) is 30.7 Å².